The minimum absolute atomic E-state index is 0.118. The summed E-state index contributed by atoms with van der Waals surface area (Å²) in [6.45, 7) is 0.472. The predicted octanol–water partition coefficient (Wildman–Crippen LogP) is 1.21. The topological polar surface area (TPSA) is 85.1 Å². The van der Waals surface area contributed by atoms with Gasteiger partial charge in [0.1, 0.15) is 5.69 Å². The summed E-state index contributed by atoms with van der Waals surface area (Å²) in [5, 5.41) is 5.20. The van der Waals surface area contributed by atoms with Crippen molar-refractivity contribution in [3.05, 3.63) is 52.0 Å². The van der Waals surface area contributed by atoms with Gasteiger partial charge in [0.25, 0.3) is 11.8 Å². The number of carbonyl (C=O) groups excluding carboxylic acids is 2. The molecule has 3 N–H and O–H groups in total. The fourth-order valence-electron chi connectivity index (χ4n) is 1.51. The summed E-state index contributed by atoms with van der Waals surface area (Å²) in [6, 6.07) is 9.00. The van der Waals surface area contributed by atoms with Gasteiger partial charge in [-0.1, -0.05) is 18.2 Å². The summed E-state index contributed by atoms with van der Waals surface area (Å²) in [5.41, 5.74) is 6.01. The summed E-state index contributed by atoms with van der Waals surface area (Å²) in [7, 11) is 0. The first-order valence-electron chi connectivity index (χ1n) is 5.74. The Morgan fingerprint density at radius 1 is 1.26 bits per heavy atom. The van der Waals surface area contributed by atoms with Crippen molar-refractivity contribution in [1.29, 1.82) is 0 Å². The minimum atomic E-state index is -0.532. The third-order valence-corrected chi connectivity index (χ3v) is 3.37. The zero-order valence-corrected chi connectivity index (χ0v) is 10.9. The van der Waals surface area contributed by atoms with Crippen LogP contribution in [0.15, 0.2) is 35.7 Å². The predicted molar refractivity (Wildman–Crippen MR) is 73.1 cm³/mol. The summed E-state index contributed by atoms with van der Waals surface area (Å²) < 4.78 is 0. The van der Waals surface area contributed by atoms with Crippen LogP contribution in [-0.4, -0.2) is 23.3 Å². The second kappa shape index (κ2) is 6.10. The molecule has 5 nitrogen and oxygen atoms in total. The molecule has 19 heavy (non-hydrogen) atoms. The Morgan fingerprint density at radius 2 is 2.00 bits per heavy atom. The van der Waals surface area contributed by atoms with Crippen molar-refractivity contribution in [1.82, 2.24) is 10.3 Å². The summed E-state index contributed by atoms with van der Waals surface area (Å²) in [4.78, 5) is 26.7. The molecule has 1 aromatic heterocycles. The van der Waals surface area contributed by atoms with Crippen molar-refractivity contribution in [3.63, 3.8) is 0 Å². The highest BCUT2D eigenvalue weighted by Gasteiger charge is 2.08. The van der Waals surface area contributed by atoms with Crippen LogP contribution >= 0.6 is 11.3 Å². The Hall–Kier alpha value is -2.21. The standard InChI is InChI=1S/C13H13N3O2S/c14-12(17)10-8-19-11(16-10)6-7-15-13(18)9-4-2-1-3-5-9/h1-5,8H,6-7H2,(H2,14,17)(H,15,18). The maximum Gasteiger partial charge on any atom is 0.268 e. The normalized spacial score (nSPS) is 10.1. The number of amides is 2. The van der Waals surface area contributed by atoms with Gasteiger partial charge in [0.2, 0.25) is 0 Å². The molecule has 0 bridgehead atoms. The minimum Gasteiger partial charge on any atom is -0.364 e. The Kier molecular flexibility index (Phi) is 4.25. The lowest BCUT2D eigenvalue weighted by molar-refractivity contribution is 0.0952. The van der Waals surface area contributed by atoms with Crippen LogP contribution in [-0.2, 0) is 6.42 Å². The molecule has 0 spiro atoms. The van der Waals surface area contributed by atoms with E-state index in [1.165, 1.54) is 11.3 Å². The molecule has 2 aromatic rings. The molecule has 1 heterocycles. The number of benzene rings is 1. The number of nitrogens with zero attached hydrogens (tertiary/aromatic N) is 1. The second-order valence-corrected chi connectivity index (χ2v) is 4.81. The molecule has 2 rings (SSSR count). The average Bonchev–Trinajstić information content (AvgIpc) is 2.89. The van der Waals surface area contributed by atoms with Gasteiger partial charge in [-0.05, 0) is 12.1 Å². The van der Waals surface area contributed by atoms with Crippen molar-refractivity contribution in [2.45, 2.75) is 6.42 Å². The quantitative estimate of drug-likeness (QED) is 0.860. The van der Waals surface area contributed by atoms with Crippen LogP contribution in [0, 0.1) is 0 Å². The Bertz CT molecular complexity index is 581. The van der Waals surface area contributed by atoms with Gasteiger partial charge in [0.05, 0.1) is 5.01 Å². The van der Waals surface area contributed by atoms with E-state index in [9.17, 15) is 9.59 Å². The highest BCUT2D eigenvalue weighted by molar-refractivity contribution is 7.09. The molecular formula is C13H13N3O2S. The van der Waals surface area contributed by atoms with Crippen LogP contribution < -0.4 is 11.1 Å². The lowest BCUT2D eigenvalue weighted by atomic mass is 10.2. The number of hydrogen-bond donors (Lipinski definition) is 2. The highest BCUT2D eigenvalue weighted by atomic mass is 32.1. The molecule has 6 heteroatoms. The third kappa shape index (κ3) is 3.62. The molecular weight excluding hydrogens is 262 g/mol. The number of nitrogens with two attached hydrogens (primary N) is 1. The Morgan fingerprint density at radius 3 is 2.63 bits per heavy atom. The number of nitrogens with one attached hydrogen (secondary N) is 1. The molecule has 0 unspecified atom stereocenters. The van der Waals surface area contributed by atoms with Crippen molar-refractivity contribution in [3.8, 4) is 0 Å². The van der Waals surface area contributed by atoms with Crippen LogP contribution in [0.5, 0.6) is 0 Å². The van der Waals surface area contributed by atoms with Gasteiger partial charge in [-0.2, -0.15) is 0 Å². The van der Waals surface area contributed by atoms with Gasteiger partial charge >= 0.3 is 0 Å². The Balaban J connectivity index is 1.83. The lowest BCUT2D eigenvalue weighted by Crippen LogP contribution is -2.25. The SMILES string of the molecule is NC(=O)c1csc(CCNC(=O)c2ccccc2)n1. The molecule has 2 amide bonds. The van der Waals surface area contributed by atoms with Gasteiger partial charge in [-0.3, -0.25) is 9.59 Å². The number of aromatic nitrogens is 1. The molecule has 0 aliphatic heterocycles. The number of carbonyl (C=O) groups is 2. The molecule has 0 saturated carbocycles. The van der Waals surface area contributed by atoms with Gasteiger partial charge in [0.15, 0.2) is 0 Å². The molecule has 1 aromatic carbocycles. The van der Waals surface area contributed by atoms with E-state index in [2.05, 4.69) is 10.3 Å². The fourth-order valence-corrected chi connectivity index (χ4v) is 2.30. The monoisotopic (exact) mass is 275 g/mol. The van der Waals surface area contributed by atoms with Crippen LogP contribution in [0.4, 0.5) is 0 Å². The van der Waals surface area contributed by atoms with Gasteiger partial charge in [-0.25, -0.2) is 4.98 Å². The van der Waals surface area contributed by atoms with E-state index in [4.69, 9.17) is 5.73 Å². The van der Waals surface area contributed by atoms with Gasteiger partial charge < -0.3 is 11.1 Å². The molecule has 0 saturated heterocycles. The zero-order valence-electron chi connectivity index (χ0n) is 10.1. The molecule has 0 atom stereocenters. The van der Waals surface area contributed by atoms with Crippen molar-refractivity contribution >= 4 is 23.2 Å². The van der Waals surface area contributed by atoms with Gasteiger partial charge in [-0.15, -0.1) is 11.3 Å². The largest absolute Gasteiger partial charge is 0.364 e. The van der Waals surface area contributed by atoms with E-state index in [-0.39, 0.29) is 11.6 Å². The van der Waals surface area contributed by atoms with Crippen LogP contribution in [0.25, 0.3) is 0 Å². The van der Waals surface area contributed by atoms with Crippen molar-refractivity contribution in [2.24, 2.45) is 5.73 Å². The maximum atomic E-state index is 11.7. The second-order valence-electron chi connectivity index (χ2n) is 3.86. The summed E-state index contributed by atoms with van der Waals surface area (Å²) in [6.07, 6.45) is 0.580. The molecule has 0 aliphatic rings. The van der Waals surface area contributed by atoms with E-state index in [0.29, 0.717) is 18.5 Å². The van der Waals surface area contributed by atoms with E-state index < -0.39 is 5.91 Å². The first-order chi connectivity index (χ1) is 9.16. The fraction of sp³-hybridized carbons (Fsp3) is 0.154. The van der Waals surface area contributed by atoms with Crippen LogP contribution in [0.3, 0.4) is 0 Å². The summed E-state index contributed by atoms with van der Waals surface area (Å²) >= 11 is 1.36. The third-order valence-electron chi connectivity index (χ3n) is 2.46. The molecule has 0 fully saturated rings. The zero-order chi connectivity index (χ0) is 13.7. The van der Waals surface area contributed by atoms with Crippen LogP contribution in [0.1, 0.15) is 25.9 Å². The Labute approximate surface area is 114 Å². The van der Waals surface area contributed by atoms with E-state index in [0.717, 1.165) is 5.01 Å². The first-order valence-corrected chi connectivity index (χ1v) is 6.62. The van der Waals surface area contributed by atoms with E-state index in [1.807, 2.05) is 18.2 Å². The average molecular weight is 275 g/mol. The molecule has 0 aliphatic carbocycles. The van der Waals surface area contributed by atoms with Gasteiger partial charge in [0, 0.05) is 23.9 Å². The summed E-state index contributed by atoms with van der Waals surface area (Å²) in [5.74, 6) is -0.650. The van der Waals surface area contributed by atoms with Crippen molar-refractivity contribution in [2.75, 3.05) is 6.54 Å². The smallest absolute Gasteiger partial charge is 0.268 e. The number of rotatable bonds is 5. The first kappa shape index (κ1) is 13.2. The molecule has 0 radical (unpaired) electrons. The highest BCUT2D eigenvalue weighted by Crippen LogP contribution is 2.09. The van der Waals surface area contributed by atoms with Crippen molar-refractivity contribution < 1.29 is 9.59 Å². The lowest BCUT2D eigenvalue weighted by Gasteiger charge is -2.03. The number of thiazole rings is 1. The van der Waals surface area contributed by atoms with E-state index >= 15 is 0 Å². The maximum absolute atomic E-state index is 11.7. The number of hydrogen-bond acceptors (Lipinski definition) is 4. The molecule has 98 valence electrons. The van der Waals surface area contributed by atoms with Crippen LogP contribution in [0.2, 0.25) is 0 Å². The number of primary amides is 1. The van der Waals surface area contributed by atoms with E-state index in [1.54, 1.807) is 17.5 Å².